The highest BCUT2D eigenvalue weighted by Gasteiger charge is 2.21. The molecule has 6 heteroatoms. The molecule has 3 N–H and O–H groups in total. The van der Waals surface area contributed by atoms with Gasteiger partial charge in [0.1, 0.15) is 17.1 Å². The van der Waals surface area contributed by atoms with Crippen molar-refractivity contribution in [2.45, 2.75) is 19.4 Å². The number of methoxy groups -OCH3 is 2. The Morgan fingerprint density at radius 3 is 2.20 bits per heavy atom. The Hall–Kier alpha value is -1.79. The number of hydrogen-bond donors (Lipinski definition) is 3. The lowest BCUT2D eigenvalue weighted by Crippen LogP contribution is -2.43. The third-order valence-corrected chi connectivity index (χ3v) is 2.98. The Balaban J connectivity index is 2.93. The summed E-state index contributed by atoms with van der Waals surface area (Å²) in [5, 5.41) is 21.1. The van der Waals surface area contributed by atoms with Crippen LogP contribution in [0.1, 0.15) is 22.8 Å². The maximum Gasteiger partial charge on any atom is 0.251 e. The van der Waals surface area contributed by atoms with Gasteiger partial charge in [-0.25, -0.2) is 0 Å². The number of aliphatic hydroxyl groups is 2. The molecule has 0 aromatic heterocycles. The molecule has 0 spiro atoms. The van der Waals surface area contributed by atoms with Crippen LogP contribution in [-0.4, -0.2) is 49.1 Å². The molecular formula is C14H21NO5. The van der Waals surface area contributed by atoms with Crippen molar-refractivity contribution in [1.29, 1.82) is 0 Å². The molecule has 112 valence electrons. The zero-order valence-corrected chi connectivity index (χ0v) is 12.2. The number of ether oxygens (including phenoxy) is 2. The molecule has 20 heavy (non-hydrogen) atoms. The van der Waals surface area contributed by atoms with Crippen LogP contribution in [0.3, 0.4) is 0 Å². The van der Waals surface area contributed by atoms with Gasteiger partial charge >= 0.3 is 0 Å². The molecule has 0 saturated heterocycles. The zero-order chi connectivity index (χ0) is 15.3. The summed E-state index contributed by atoms with van der Waals surface area (Å²) < 4.78 is 10.4. The van der Waals surface area contributed by atoms with Crippen LogP contribution >= 0.6 is 0 Å². The maximum atomic E-state index is 12.0. The Bertz CT molecular complexity index is 459. The lowest BCUT2D eigenvalue weighted by molar-refractivity contribution is 0.00320. The molecule has 0 radical (unpaired) electrons. The van der Waals surface area contributed by atoms with Crippen molar-refractivity contribution in [3.05, 3.63) is 23.3 Å². The molecule has 0 fully saturated rings. The van der Waals surface area contributed by atoms with Crippen LogP contribution in [0.25, 0.3) is 0 Å². The highest BCUT2D eigenvalue weighted by molar-refractivity contribution is 5.95. The lowest BCUT2D eigenvalue weighted by atomic mass is 10.1. The minimum Gasteiger partial charge on any atom is -0.496 e. The summed E-state index contributed by atoms with van der Waals surface area (Å²) in [6.45, 7) is 2.77. The number of carbonyl (C=O) groups excluding carboxylic acids is 1. The van der Waals surface area contributed by atoms with Gasteiger partial charge in [-0.2, -0.15) is 0 Å². The van der Waals surface area contributed by atoms with E-state index < -0.39 is 12.2 Å². The van der Waals surface area contributed by atoms with E-state index >= 15 is 0 Å². The molecule has 0 heterocycles. The van der Waals surface area contributed by atoms with Gasteiger partial charge in [0.15, 0.2) is 0 Å². The van der Waals surface area contributed by atoms with Gasteiger partial charge in [0.25, 0.3) is 5.91 Å². The topological polar surface area (TPSA) is 88.0 Å². The van der Waals surface area contributed by atoms with Crippen molar-refractivity contribution in [3.63, 3.8) is 0 Å². The number of benzene rings is 1. The summed E-state index contributed by atoms with van der Waals surface area (Å²) in [5.74, 6) is 0.710. The van der Waals surface area contributed by atoms with Crippen molar-refractivity contribution in [2.75, 3.05) is 27.4 Å². The van der Waals surface area contributed by atoms with Crippen LogP contribution in [0.15, 0.2) is 12.1 Å². The SMILES string of the molecule is COc1cc(C(=O)NCC(C)(O)CO)cc(OC)c1C. The fraction of sp³-hybridized carbons (Fsp3) is 0.500. The van der Waals surface area contributed by atoms with E-state index in [1.165, 1.54) is 21.1 Å². The quantitative estimate of drug-likeness (QED) is 0.707. The third-order valence-electron chi connectivity index (χ3n) is 2.98. The van der Waals surface area contributed by atoms with Crippen LogP contribution < -0.4 is 14.8 Å². The van der Waals surface area contributed by atoms with Gasteiger partial charge in [0.2, 0.25) is 0 Å². The molecule has 0 bridgehead atoms. The van der Waals surface area contributed by atoms with E-state index in [1.54, 1.807) is 12.1 Å². The molecule has 1 rings (SSSR count). The van der Waals surface area contributed by atoms with Gasteiger partial charge in [-0.1, -0.05) is 0 Å². The van der Waals surface area contributed by atoms with Gasteiger partial charge in [-0.05, 0) is 26.0 Å². The Morgan fingerprint density at radius 2 is 1.80 bits per heavy atom. The van der Waals surface area contributed by atoms with Gasteiger partial charge in [0, 0.05) is 17.7 Å². The van der Waals surface area contributed by atoms with Crippen molar-refractivity contribution >= 4 is 5.91 Å². The Kier molecular flexibility index (Phi) is 5.35. The van der Waals surface area contributed by atoms with E-state index in [9.17, 15) is 9.90 Å². The van der Waals surface area contributed by atoms with Crippen LogP contribution in [0, 0.1) is 6.92 Å². The monoisotopic (exact) mass is 283 g/mol. The molecule has 1 aromatic carbocycles. The van der Waals surface area contributed by atoms with Gasteiger partial charge in [-0.15, -0.1) is 0 Å². The predicted molar refractivity (Wildman–Crippen MR) is 74.3 cm³/mol. The van der Waals surface area contributed by atoms with E-state index in [-0.39, 0.29) is 12.5 Å². The van der Waals surface area contributed by atoms with Crippen LogP contribution in [0.2, 0.25) is 0 Å². The number of nitrogens with one attached hydrogen (secondary N) is 1. The summed E-state index contributed by atoms with van der Waals surface area (Å²) in [7, 11) is 3.03. The molecule has 6 nitrogen and oxygen atoms in total. The highest BCUT2D eigenvalue weighted by atomic mass is 16.5. The average Bonchev–Trinajstić information content (AvgIpc) is 2.45. The summed E-state index contributed by atoms with van der Waals surface area (Å²) in [6.07, 6.45) is 0. The van der Waals surface area contributed by atoms with E-state index in [0.717, 1.165) is 5.56 Å². The Morgan fingerprint density at radius 1 is 1.30 bits per heavy atom. The zero-order valence-electron chi connectivity index (χ0n) is 12.2. The largest absolute Gasteiger partial charge is 0.496 e. The fourth-order valence-electron chi connectivity index (χ4n) is 1.65. The standard InChI is InChI=1S/C14H21NO5/c1-9-11(19-3)5-10(6-12(9)20-4)13(17)15-7-14(2,18)8-16/h5-6,16,18H,7-8H2,1-4H3,(H,15,17). The van der Waals surface area contributed by atoms with Gasteiger partial charge in [-0.3, -0.25) is 4.79 Å². The minimum atomic E-state index is -1.35. The molecule has 1 aromatic rings. The van der Waals surface area contributed by atoms with Crippen molar-refractivity contribution in [2.24, 2.45) is 0 Å². The third kappa shape index (κ3) is 3.85. The summed E-state index contributed by atoms with van der Waals surface area (Å²) in [5.41, 5.74) is -0.193. The number of carbonyl (C=O) groups is 1. The summed E-state index contributed by atoms with van der Waals surface area (Å²) in [6, 6.07) is 3.20. The highest BCUT2D eigenvalue weighted by Crippen LogP contribution is 2.29. The summed E-state index contributed by atoms with van der Waals surface area (Å²) in [4.78, 5) is 12.0. The van der Waals surface area contributed by atoms with E-state index in [1.807, 2.05) is 6.92 Å². The Labute approximate surface area is 118 Å². The van der Waals surface area contributed by atoms with Crippen molar-refractivity contribution in [1.82, 2.24) is 5.32 Å². The van der Waals surface area contributed by atoms with Crippen LogP contribution in [-0.2, 0) is 0 Å². The first-order valence-corrected chi connectivity index (χ1v) is 6.18. The van der Waals surface area contributed by atoms with Gasteiger partial charge in [0.05, 0.1) is 20.8 Å². The molecule has 1 amide bonds. The molecule has 1 atom stereocenters. The number of hydrogen-bond acceptors (Lipinski definition) is 5. The molecule has 0 aliphatic carbocycles. The van der Waals surface area contributed by atoms with E-state index in [4.69, 9.17) is 14.6 Å². The molecular weight excluding hydrogens is 262 g/mol. The summed E-state index contributed by atoms with van der Waals surface area (Å²) >= 11 is 0. The second-order valence-corrected chi connectivity index (χ2v) is 4.84. The van der Waals surface area contributed by atoms with Crippen molar-refractivity contribution < 1.29 is 24.5 Å². The van der Waals surface area contributed by atoms with Crippen LogP contribution in [0.5, 0.6) is 11.5 Å². The molecule has 0 saturated carbocycles. The number of rotatable bonds is 6. The first-order valence-electron chi connectivity index (χ1n) is 6.18. The smallest absolute Gasteiger partial charge is 0.251 e. The maximum absolute atomic E-state index is 12.0. The van der Waals surface area contributed by atoms with E-state index in [2.05, 4.69) is 5.32 Å². The number of aliphatic hydroxyl groups excluding tert-OH is 1. The molecule has 1 unspecified atom stereocenters. The molecule has 0 aliphatic rings. The first kappa shape index (κ1) is 16.3. The number of amides is 1. The fourth-order valence-corrected chi connectivity index (χ4v) is 1.65. The second kappa shape index (κ2) is 6.58. The average molecular weight is 283 g/mol. The van der Waals surface area contributed by atoms with Crippen LogP contribution in [0.4, 0.5) is 0 Å². The van der Waals surface area contributed by atoms with Gasteiger partial charge < -0.3 is 25.0 Å². The minimum absolute atomic E-state index is 0.0547. The molecule has 0 aliphatic heterocycles. The normalized spacial score (nSPS) is 13.5. The predicted octanol–water partition coefficient (Wildman–Crippen LogP) is 0.485. The second-order valence-electron chi connectivity index (χ2n) is 4.84. The first-order chi connectivity index (χ1) is 9.34. The lowest BCUT2D eigenvalue weighted by Gasteiger charge is -2.21. The van der Waals surface area contributed by atoms with E-state index in [0.29, 0.717) is 17.1 Å². The van der Waals surface area contributed by atoms with Crippen molar-refractivity contribution in [3.8, 4) is 11.5 Å².